The van der Waals surface area contributed by atoms with Gasteiger partial charge in [-0.25, -0.2) is 0 Å². The number of hydrogen-bond acceptors (Lipinski definition) is 6. The van der Waals surface area contributed by atoms with Crippen LogP contribution in [0, 0.1) is 11.8 Å². The van der Waals surface area contributed by atoms with E-state index < -0.39 is 35.0 Å². The average Bonchev–Trinajstić information content (AvgIpc) is 3.54. The maximum absolute atomic E-state index is 14.4. The first-order valence-corrected chi connectivity index (χ1v) is 14.2. The van der Waals surface area contributed by atoms with E-state index >= 15 is 0 Å². The van der Waals surface area contributed by atoms with Gasteiger partial charge in [0.2, 0.25) is 5.91 Å². The minimum Gasteiger partial charge on any atom is -0.465 e. The predicted molar refractivity (Wildman–Crippen MR) is 149 cm³/mol. The number of unbranched alkanes of at least 4 members (excludes halogenated alkanes) is 2. The number of hydrogen-bond donors (Lipinski definition) is 1. The van der Waals surface area contributed by atoms with Gasteiger partial charge in [-0.3, -0.25) is 14.4 Å². The molecule has 3 saturated heterocycles. The zero-order chi connectivity index (χ0) is 28.2. The van der Waals surface area contributed by atoms with Crippen molar-refractivity contribution in [2.75, 3.05) is 31.2 Å². The van der Waals surface area contributed by atoms with Crippen LogP contribution in [0.4, 0.5) is 5.69 Å². The summed E-state index contributed by atoms with van der Waals surface area (Å²) in [6.07, 6.45) is 7.73. The number of benzene rings is 1. The van der Waals surface area contributed by atoms with Crippen LogP contribution in [0.3, 0.4) is 0 Å². The first-order chi connectivity index (χ1) is 18.8. The number of rotatable bonds is 14. The second-order valence-corrected chi connectivity index (χ2v) is 11.0. The van der Waals surface area contributed by atoms with Gasteiger partial charge in [0.05, 0.1) is 18.1 Å². The maximum atomic E-state index is 14.4. The number of aliphatic hydroxyl groups is 1. The molecule has 3 aliphatic heterocycles. The summed E-state index contributed by atoms with van der Waals surface area (Å²) in [5.41, 5.74) is -1.39. The molecule has 5 atom stereocenters. The number of aliphatic hydroxyl groups excluding tert-OH is 1. The Morgan fingerprint density at radius 3 is 2.59 bits per heavy atom. The van der Waals surface area contributed by atoms with Crippen LogP contribution < -0.4 is 4.90 Å². The predicted octanol–water partition coefficient (Wildman–Crippen LogP) is 4.30. The maximum Gasteiger partial charge on any atom is 0.312 e. The van der Waals surface area contributed by atoms with Crippen molar-refractivity contribution >= 4 is 35.1 Å². The molecule has 1 N–H and O–H groups in total. The summed E-state index contributed by atoms with van der Waals surface area (Å²) in [5.74, 6) is -2.65. The van der Waals surface area contributed by atoms with Gasteiger partial charge in [-0.15, -0.1) is 13.2 Å². The van der Waals surface area contributed by atoms with Crippen molar-refractivity contribution < 1.29 is 29.0 Å². The molecule has 1 aromatic carbocycles. The molecule has 3 fully saturated rings. The third-order valence-corrected chi connectivity index (χ3v) is 8.74. The van der Waals surface area contributed by atoms with Crippen LogP contribution in [0.2, 0.25) is 5.02 Å². The van der Waals surface area contributed by atoms with Crippen molar-refractivity contribution in [1.82, 2.24) is 4.90 Å². The standard InChI is InChI=1S/C30H39ClN2O6/c1-4-7-8-9-20-38-28(37)24-23-26(35)33(18-10-19-34)25(30(23)16-15-29(24,6-3)39-30)27(36)32(17-5-2)22-13-11-21(31)12-14-22/h4-5,11-14,23-25,34H,1-2,6-10,15-20H2,3H3/t23-,24+,25?,29-,30?/m0/s1. The van der Waals surface area contributed by atoms with Gasteiger partial charge in [0, 0.05) is 30.4 Å². The Balaban J connectivity index is 1.71. The first kappa shape index (κ1) is 29.3. The molecule has 1 spiro atoms. The number of carbonyl (C=O) groups is 3. The summed E-state index contributed by atoms with van der Waals surface area (Å²) in [5, 5.41) is 10.1. The monoisotopic (exact) mass is 558 g/mol. The van der Waals surface area contributed by atoms with E-state index in [-0.39, 0.29) is 38.1 Å². The summed E-state index contributed by atoms with van der Waals surface area (Å²) in [7, 11) is 0. The highest BCUT2D eigenvalue weighted by Gasteiger charge is 2.79. The van der Waals surface area contributed by atoms with E-state index in [0.29, 0.717) is 42.8 Å². The van der Waals surface area contributed by atoms with Gasteiger partial charge in [0.25, 0.3) is 5.91 Å². The lowest BCUT2D eigenvalue weighted by molar-refractivity contribution is -0.161. The Labute approximate surface area is 235 Å². The van der Waals surface area contributed by atoms with E-state index in [1.807, 2.05) is 13.0 Å². The number of nitrogens with zero attached hydrogens (tertiary/aromatic N) is 2. The second kappa shape index (κ2) is 12.2. The molecule has 0 saturated carbocycles. The quantitative estimate of drug-likeness (QED) is 0.208. The summed E-state index contributed by atoms with van der Waals surface area (Å²) in [4.78, 5) is 45.1. The molecule has 39 heavy (non-hydrogen) atoms. The van der Waals surface area contributed by atoms with Gasteiger partial charge in [-0.1, -0.05) is 30.7 Å². The van der Waals surface area contributed by atoms with Crippen LogP contribution in [0.1, 0.15) is 51.9 Å². The molecular formula is C30H39ClN2O6. The smallest absolute Gasteiger partial charge is 0.312 e. The van der Waals surface area contributed by atoms with Crippen molar-refractivity contribution in [3.63, 3.8) is 0 Å². The van der Waals surface area contributed by atoms with Gasteiger partial charge in [-0.2, -0.15) is 0 Å². The molecule has 212 valence electrons. The number of ether oxygens (including phenoxy) is 2. The normalized spacial score (nSPS) is 28.8. The minimum atomic E-state index is -1.15. The zero-order valence-electron chi connectivity index (χ0n) is 22.6. The molecule has 9 heteroatoms. The number of likely N-dealkylation sites (tertiary alicyclic amines) is 1. The Morgan fingerprint density at radius 1 is 1.21 bits per heavy atom. The highest BCUT2D eigenvalue weighted by Crippen LogP contribution is 2.64. The number of anilines is 1. The van der Waals surface area contributed by atoms with E-state index in [1.165, 1.54) is 4.90 Å². The number of carbonyl (C=O) groups excluding carboxylic acids is 3. The lowest BCUT2D eigenvalue weighted by Crippen LogP contribution is -2.56. The largest absolute Gasteiger partial charge is 0.465 e. The topological polar surface area (TPSA) is 96.4 Å². The molecule has 2 bridgehead atoms. The molecule has 2 unspecified atom stereocenters. The molecule has 0 aliphatic carbocycles. The van der Waals surface area contributed by atoms with Gasteiger partial charge in [0.15, 0.2) is 0 Å². The summed E-state index contributed by atoms with van der Waals surface area (Å²) < 4.78 is 12.5. The lowest BCUT2D eigenvalue weighted by atomic mass is 9.65. The average molecular weight is 559 g/mol. The number of esters is 1. The minimum absolute atomic E-state index is 0.133. The molecule has 0 radical (unpaired) electrons. The van der Waals surface area contributed by atoms with Crippen molar-refractivity contribution in [1.29, 1.82) is 0 Å². The van der Waals surface area contributed by atoms with Crippen LogP contribution >= 0.6 is 11.6 Å². The fourth-order valence-corrected chi connectivity index (χ4v) is 6.84. The Morgan fingerprint density at radius 2 is 1.95 bits per heavy atom. The molecule has 0 aromatic heterocycles. The van der Waals surface area contributed by atoms with Crippen molar-refractivity contribution in [3.05, 3.63) is 54.6 Å². The fraction of sp³-hybridized carbons (Fsp3) is 0.567. The van der Waals surface area contributed by atoms with Gasteiger partial charge >= 0.3 is 5.97 Å². The Kier molecular flexibility index (Phi) is 9.19. The van der Waals surface area contributed by atoms with E-state index in [1.54, 1.807) is 35.2 Å². The van der Waals surface area contributed by atoms with Crippen LogP contribution in [0.15, 0.2) is 49.6 Å². The number of amides is 2. The zero-order valence-corrected chi connectivity index (χ0v) is 23.4. The Bertz CT molecular complexity index is 1090. The molecule has 4 rings (SSSR count). The van der Waals surface area contributed by atoms with Crippen LogP contribution in [-0.2, 0) is 23.9 Å². The summed E-state index contributed by atoms with van der Waals surface area (Å²) >= 11 is 6.09. The van der Waals surface area contributed by atoms with Crippen LogP contribution in [0.25, 0.3) is 0 Å². The third kappa shape index (κ3) is 5.14. The number of halogens is 1. The van der Waals surface area contributed by atoms with E-state index in [9.17, 15) is 19.5 Å². The number of allylic oxidation sites excluding steroid dienone is 1. The molecule has 1 aromatic rings. The van der Waals surface area contributed by atoms with Crippen molar-refractivity contribution in [2.24, 2.45) is 11.8 Å². The first-order valence-electron chi connectivity index (χ1n) is 13.9. The van der Waals surface area contributed by atoms with E-state index in [4.69, 9.17) is 21.1 Å². The second-order valence-electron chi connectivity index (χ2n) is 10.6. The van der Waals surface area contributed by atoms with E-state index in [2.05, 4.69) is 13.2 Å². The third-order valence-electron chi connectivity index (χ3n) is 8.49. The number of fused-ring (bicyclic) bond motifs is 1. The van der Waals surface area contributed by atoms with Crippen LogP contribution in [-0.4, -0.2) is 71.3 Å². The van der Waals surface area contributed by atoms with Crippen LogP contribution in [0.5, 0.6) is 0 Å². The van der Waals surface area contributed by atoms with Crippen molar-refractivity contribution in [3.8, 4) is 0 Å². The molecule has 2 amide bonds. The van der Waals surface area contributed by atoms with Gasteiger partial charge < -0.3 is 24.4 Å². The summed E-state index contributed by atoms with van der Waals surface area (Å²) in [6, 6.07) is 5.96. The van der Waals surface area contributed by atoms with Gasteiger partial charge in [-0.05, 0) is 69.2 Å². The van der Waals surface area contributed by atoms with Crippen molar-refractivity contribution in [2.45, 2.75) is 69.1 Å². The lowest BCUT2D eigenvalue weighted by Gasteiger charge is -2.36. The Hall–Kier alpha value is -2.68. The highest BCUT2D eigenvalue weighted by atomic mass is 35.5. The van der Waals surface area contributed by atoms with E-state index in [0.717, 1.165) is 12.8 Å². The van der Waals surface area contributed by atoms with Gasteiger partial charge in [0.1, 0.15) is 17.6 Å². The molecule has 3 heterocycles. The highest BCUT2D eigenvalue weighted by molar-refractivity contribution is 6.30. The molecular weight excluding hydrogens is 520 g/mol. The molecule has 8 nitrogen and oxygen atoms in total. The SMILES string of the molecule is C=CCCCCOC(=O)[C@H]1[C@H]2C(=O)N(CCCO)C(C(=O)N(CC=C)c3ccc(Cl)cc3)C23CC[C@]1(CC)O3. The summed E-state index contributed by atoms with van der Waals surface area (Å²) in [6.45, 7) is 10.0. The fourth-order valence-electron chi connectivity index (χ4n) is 6.71. The molecule has 3 aliphatic rings.